The second-order valence-electron chi connectivity index (χ2n) is 6.30. The van der Waals surface area contributed by atoms with Crippen LogP contribution in [-0.2, 0) is 0 Å². The highest BCUT2D eigenvalue weighted by atomic mass is 35.5. The van der Waals surface area contributed by atoms with Crippen molar-refractivity contribution in [3.63, 3.8) is 0 Å². The molecule has 0 amide bonds. The van der Waals surface area contributed by atoms with Crippen LogP contribution < -0.4 is 22.3 Å². The Bertz CT molecular complexity index is 1320. The molecule has 13 heteroatoms. The van der Waals surface area contributed by atoms with Gasteiger partial charge in [-0.25, -0.2) is 18.3 Å². The predicted octanol–water partition coefficient (Wildman–Crippen LogP) is 2.17. The van der Waals surface area contributed by atoms with Crippen LogP contribution in [0.3, 0.4) is 0 Å². The van der Waals surface area contributed by atoms with E-state index in [-0.39, 0.29) is 34.2 Å². The number of fused-ring (bicyclic) bond motifs is 1. The van der Waals surface area contributed by atoms with Crippen LogP contribution in [0.1, 0.15) is 18.8 Å². The second kappa shape index (κ2) is 7.22. The highest BCUT2D eigenvalue weighted by Gasteiger charge is 2.23. The zero-order chi connectivity index (χ0) is 21.6. The number of benzene rings is 1. The van der Waals surface area contributed by atoms with E-state index in [1.54, 1.807) is 6.92 Å². The van der Waals surface area contributed by atoms with Gasteiger partial charge in [-0.15, -0.1) is 0 Å². The molecule has 0 aliphatic heterocycles. The van der Waals surface area contributed by atoms with E-state index in [9.17, 15) is 13.6 Å². The Morgan fingerprint density at radius 1 is 1.17 bits per heavy atom. The fourth-order valence-electron chi connectivity index (χ4n) is 2.98. The molecular weight excluding hydrogens is 420 g/mol. The number of aromatic amines is 1. The van der Waals surface area contributed by atoms with Gasteiger partial charge in [0.05, 0.1) is 12.2 Å². The third kappa shape index (κ3) is 3.16. The van der Waals surface area contributed by atoms with E-state index < -0.39 is 34.1 Å². The van der Waals surface area contributed by atoms with Crippen LogP contribution in [0.15, 0.2) is 29.2 Å². The number of rotatable bonds is 4. The number of anilines is 3. The zero-order valence-corrected chi connectivity index (χ0v) is 16.1. The molecule has 6 N–H and O–H groups in total. The first-order valence-corrected chi connectivity index (χ1v) is 8.91. The topological polar surface area (TPSA) is 153 Å². The lowest BCUT2D eigenvalue weighted by atomic mass is 10.2. The fourth-order valence-corrected chi connectivity index (χ4v) is 3.12. The molecule has 154 valence electrons. The Kier molecular flexibility index (Phi) is 4.70. The number of nitrogens with two attached hydrogens (primary N) is 2. The molecule has 30 heavy (non-hydrogen) atoms. The van der Waals surface area contributed by atoms with Gasteiger partial charge < -0.3 is 16.8 Å². The normalized spacial score (nSPS) is 12.3. The monoisotopic (exact) mass is 433 g/mol. The Balaban J connectivity index is 1.95. The Hall–Kier alpha value is -3.80. The molecule has 4 aromatic rings. The van der Waals surface area contributed by atoms with Crippen LogP contribution >= 0.6 is 11.6 Å². The van der Waals surface area contributed by atoms with Crippen molar-refractivity contribution in [3.8, 4) is 5.82 Å². The minimum atomic E-state index is -0.899. The van der Waals surface area contributed by atoms with Gasteiger partial charge in [0.15, 0.2) is 5.82 Å². The van der Waals surface area contributed by atoms with Crippen molar-refractivity contribution < 1.29 is 8.78 Å². The lowest BCUT2D eigenvalue weighted by Gasteiger charge is -2.20. The van der Waals surface area contributed by atoms with E-state index in [4.69, 9.17) is 23.1 Å². The summed E-state index contributed by atoms with van der Waals surface area (Å²) in [5, 5.41) is 8.86. The summed E-state index contributed by atoms with van der Waals surface area (Å²) in [6.07, 6.45) is 1.40. The molecule has 0 aliphatic carbocycles. The molecule has 3 aromatic heterocycles. The maximum Gasteiger partial charge on any atom is 0.270 e. The molecule has 0 radical (unpaired) electrons. The maximum absolute atomic E-state index is 14.4. The van der Waals surface area contributed by atoms with E-state index in [2.05, 4.69) is 30.5 Å². The van der Waals surface area contributed by atoms with E-state index in [0.29, 0.717) is 0 Å². The van der Waals surface area contributed by atoms with E-state index in [1.165, 1.54) is 12.3 Å². The van der Waals surface area contributed by atoms with Crippen LogP contribution in [0.25, 0.3) is 16.7 Å². The van der Waals surface area contributed by atoms with Gasteiger partial charge in [0.25, 0.3) is 5.56 Å². The molecule has 0 aliphatic rings. The van der Waals surface area contributed by atoms with E-state index >= 15 is 0 Å². The molecule has 0 saturated heterocycles. The molecule has 4 rings (SSSR count). The van der Waals surface area contributed by atoms with Gasteiger partial charge in [0.1, 0.15) is 45.0 Å². The SMILES string of the molecule is CC(Nc1nc(N)nc(N)c1Cl)c1nc2c(F)ccc(F)c2c(=O)n1-c1ccn[nH]1. The van der Waals surface area contributed by atoms with Crippen LogP contribution in [0.4, 0.5) is 26.4 Å². The summed E-state index contributed by atoms with van der Waals surface area (Å²) in [6.45, 7) is 1.61. The summed E-state index contributed by atoms with van der Waals surface area (Å²) in [6, 6.07) is 2.47. The summed E-state index contributed by atoms with van der Waals surface area (Å²) in [7, 11) is 0. The molecule has 1 aromatic carbocycles. The number of hydrogen-bond acceptors (Lipinski definition) is 8. The van der Waals surface area contributed by atoms with Crippen molar-refractivity contribution in [1.29, 1.82) is 0 Å². The number of aromatic nitrogens is 6. The largest absolute Gasteiger partial charge is 0.382 e. The minimum Gasteiger partial charge on any atom is -0.382 e. The third-order valence-corrected chi connectivity index (χ3v) is 4.68. The Morgan fingerprint density at radius 2 is 1.90 bits per heavy atom. The quantitative estimate of drug-likeness (QED) is 0.382. The van der Waals surface area contributed by atoms with Gasteiger partial charge in [0.2, 0.25) is 5.95 Å². The standard InChI is InChI=1S/C17H14ClF2N9O/c1-6(24-14-11(18)13(21)26-17(22)27-14)15-25-12-8(20)3-2-7(19)10(12)16(30)29(15)9-4-5-23-28-9/h2-6H,1H3,(H,23,28)(H5,21,22,24,26,27). The van der Waals surface area contributed by atoms with Crippen molar-refractivity contribution in [1.82, 2.24) is 29.7 Å². The second-order valence-corrected chi connectivity index (χ2v) is 6.68. The molecule has 10 nitrogen and oxygen atoms in total. The number of nitrogen functional groups attached to an aromatic ring is 2. The van der Waals surface area contributed by atoms with Crippen molar-refractivity contribution in [2.75, 3.05) is 16.8 Å². The average Bonchev–Trinajstić information content (AvgIpc) is 3.22. The van der Waals surface area contributed by atoms with Crippen LogP contribution in [-0.4, -0.2) is 29.7 Å². The number of halogens is 3. The van der Waals surface area contributed by atoms with E-state index in [1.807, 2.05) is 0 Å². The number of hydrogen-bond donors (Lipinski definition) is 4. The van der Waals surface area contributed by atoms with Gasteiger partial charge in [-0.3, -0.25) is 9.89 Å². The molecule has 3 heterocycles. The van der Waals surface area contributed by atoms with Crippen LogP contribution in [0, 0.1) is 11.6 Å². The van der Waals surface area contributed by atoms with Gasteiger partial charge in [0, 0.05) is 6.07 Å². The van der Waals surface area contributed by atoms with Gasteiger partial charge in [-0.1, -0.05) is 11.6 Å². The number of H-pyrrole nitrogens is 1. The Morgan fingerprint density at radius 3 is 2.60 bits per heavy atom. The maximum atomic E-state index is 14.4. The van der Waals surface area contributed by atoms with Gasteiger partial charge in [-0.2, -0.15) is 15.1 Å². The fraction of sp³-hybridized carbons (Fsp3) is 0.118. The van der Waals surface area contributed by atoms with Gasteiger partial charge in [-0.05, 0) is 19.1 Å². The Labute approximate surface area is 171 Å². The van der Waals surface area contributed by atoms with Crippen LogP contribution in [0.2, 0.25) is 5.02 Å². The van der Waals surface area contributed by atoms with Crippen LogP contribution in [0.5, 0.6) is 0 Å². The lowest BCUT2D eigenvalue weighted by Crippen LogP contribution is -2.28. The first-order valence-electron chi connectivity index (χ1n) is 8.53. The molecular formula is C17H14ClF2N9O. The summed E-state index contributed by atoms with van der Waals surface area (Å²) in [4.78, 5) is 25.0. The lowest BCUT2D eigenvalue weighted by molar-refractivity contribution is 0.608. The predicted molar refractivity (Wildman–Crippen MR) is 107 cm³/mol. The van der Waals surface area contributed by atoms with Crippen molar-refractivity contribution in [3.05, 3.63) is 57.2 Å². The summed E-state index contributed by atoms with van der Waals surface area (Å²) in [5.41, 5.74) is 10.1. The molecule has 1 atom stereocenters. The average molecular weight is 434 g/mol. The first-order chi connectivity index (χ1) is 14.3. The molecule has 0 saturated carbocycles. The van der Waals surface area contributed by atoms with E-state index in [0.717, 1.165) is 16.7 Å². The minimum absolute atomic E-state index is 0.00417. The highest BCUT2D eigenvalue weighted by Crippen LogP contribution is 2.29. The highest BCUT2D eigenvalue weighted by molar-refractivity contribution is 6.35. The third-order valence-electron chi connectivity index (χ3n) is 4.31. The van der Waals surface area contributed by atoms with Gasteiger partial charge >= 0.3 is 0 Å². The van der Waals surface area contributed by atoms with Crippen molar-refractivity contribution in [2.24, 2.45) is 0 Å². The molecule has 1 unspecified atom stereocenters. The number of nitrogens with one attached hydrogen (secondary N) is 2. The summed E-state index contributed by atoms with van der Waals surface area (Å²) >= 11 is 6.13. The zero-order valence-electron chi connectivity index (χ0n) is 15.3. The molecule has 0 bridgehead atoms. The van der Waals surface area contributed by atoms with Crippen molar-refractivity contribution >= 4 is 40.1 Å². The number of nitrogens with zero attached hydrogens (tertiary/aromatic N) is 5. The summed E-state index contributed by atoms with van der Waals surface area (Å²) in [5.74, 6) is -1.60. The molecule has 0 fully saturated rings. The molecule has 0 spiro atoms. The smallest absolute Gasteiger partial charge is 0.270 e. The summed E-state index contributed by atoms with van der Waals surface area (Å²) < 4.78 is 29.8. The van der Waals surface area contributed by atoms with Crippen molar-refractivity contribution in [2.45, 2.75) is 13.0 Å². The first kappa shape index (κ1) is 19.5.